The van der Waals surface area contributed by atoms with Gasteiger partial charge in [0.25, 0.3) is 0 Å². The number of ether oxygens (including phenoxy) is 2. The highest BCUT2D eigenvalue weighted by molar-refractivity contribution is 5.75. The van der Waals surface area contributed by atoms with Gasteiger partial charge in [0.15, 0.2) is 23.1 Å². The number of pyridine rings is 2. The van der Waals surface area contributed by atoms with Crippen molar-refractivity contribution in [2.45, 2.75) is 32.4 Å². The second-order valence-corrected chi connectivity index (χ2v) is 9.57. The zero-order valence-electron chi connectivity index (χ0n) is 21.9. The molecule has 0 radical (unpaired) electrons. The minimum absolute atomic E-state index is 0.372. The van der Waals surface area contributed by atoms with E-state index in [0.717, 1.165) is 54.6 Å². The van der Waals surface area contributed by atoms with Gasteiger partial charge in [0.2, 0.25) is 6.41 Å². The Morgan fingerprint density at radius 2 is 2.15 bits per heavy atom. The summed E-state index contributed by atoms with van der Waals surface area (Å²) >= 11 is 0. The Bertz CT molecular complexity index is 1430. The van der Waals surface area contributed by atoms with Crippen molar-refractivity contribution in [3.63, 3.8) is 0 Å². The Morgan fingerprint density at radius 3 is 2.82 bits per heavy atom. The third-order valence-corrected chi connectivity index (χ3v) is 7.08. The van der Waals surface area contributed by atoms with Crippen molar-refractivity contribution in [3.05, 3.63) is 59.6 Å². The maximum atomic E-state index is 13.5. The van der Waals surface area contributed by atoms with E-state index in [-0.39, 0.29) is 6.61 Å². The molecule has 1 fully saturated rings. The Labute approximate surface area is 225 Å². The molecule has 0 bridgehead atoms. The van der Waals surface area contributed by atoms with Crippen molar-refractivity contribution in [1.82, 2.24) is 35.0 Å². The standard InChI is InChI=1S/C27H32FN7O4/c1-17-22(6-3-18-10-30-11-18)34(8-7-29-16-37)33-26(17)19-9-23(27-24(38-2)13-32-35(27)14-19)39-25(15-36)21-5-4-20(28)12-31-21/h4-5,9,12-14,16,18,25,30,36H,3,6-8,10-11,15H2,1-2H3,(H,29,37). The van der Waals surface area contributed by atoms with E-state index in [9.17, 15) is 14.3 Å². The first-order valence-electron chi connectivity index (χ1n) is 12.9. The van der Waals surface area contributed by atoms with E-state index in [1.807, 2.05) is 23.9 Å². The number of hydrogen-bond acceptors (Lipinski definition) is 8. The molecule has 1 aliphatic heterocycles. The average Bonchev–Trinajstić information content (AvgIpc) is 3.48. The molecular formula is C27H32FN7O4. The van der Waals surface area contributed by atoms with Crippen LogP contribution in [0.25, 0.3) is 16.8 Å². The van der Waals surface area contributed by atoms with Gasteiger partial charge < -0.3 is 25.2 Å². The zero-order chi connectivity index (χ0) is 27.4. The van der Waals surface area contributed by atoms with Crippen molar-refractivity contribution in [3.8, 4) is 22.8 Å². The predicted molar refractivity (Wildman–Crippen MR) is 141 cm³/mol. The fraction of sp³-hybridized carbons (Fsp3) is 0.407. The number of aliphatic hydroxyl groups excluding tert-OH is 1. The van der Waals surface area contributed by atoms with Crippen LogP contribution in [0.5, 0.6) is 11.5 Å². The van der Waals surface area contributed by atoms with Crippen LogP contribution in [-0.4, -0.2) is 69.2 Å². The molecule has 0 spiro atoms. The summed E-state index contributed by atoms with van der Waals surface area (Å²) in [5.41, 5.74) is 4.65. The molecule has 5 heterocycles. The summed E-state index contributed by atoms with van der Waals surface area (Å²) in [4.78, 5) is 14.9. The lowest BCUT2D eigenvalue weighted by Gasteiger charge is -2.27. The van der Waals surface area contributed by atoms with Crippen LogP contribution in [0, 0.1) is 18.7 Å². The van der Waals surface area contributed by atoms with Gasteiger partial charge in [-0.2, -0.15) is 10.2 Å². The van der Waals surface area contributed by atoms with Crippen LogP contribution in [0.15, 0.2) is 36.8 Å². The Kier molecular flexibility index (Phi) is 8.03. The number of carbonyl (C=O) groups excluding carboxylic acids is 1. The molecule has 0 aromatic carbocycles. The number of aromatic nitrogens is 5. The number of carbonyl (C=O) groups is 1. The molecule has 1 amide bonds. The molecule has 0 aliphatic carbocycles. The van der Waals surface area contributed by atoms with Crippen molar-refractivity contribution >= 4 is 11.9 Å². The number of nitrogens with zero attached hydrogens (tertiary/aromatic N) is 5. The van der Waals surface area contributed by atoms with Crippen LogP contribution in [0.4, 0.5) is 4.39 Å². The Morgan fingerprint density at radius 1 is 1.31 bits per heavy atom. The van der Waals surface area contributed by atoms with Crippen LogP contribution in [0.1, 0.15) is 29.5 Å². The minimum Gasteiger partial charge on any atom is -0.493 e. The highest BCUT2D eigenvalue weighted by Gasteiger charge is 2.24. The molecule has 4 aromatic heterocycles. The van der Waals surface area contributed by atoms with Crippen molar-refractivity contribution in [2.24, 2.45) is 5.92 Å². The van der Waals surface area contributed by atoms with Crippen LogP contribution in [0.2, 0.25) is 0 Å². The monoisotopic (exact) mass is 537 g/mol. The summed E-state index contributed by atoms with van der Waals surface area (Å²) in [6.07, 6.45) is 6.30. The molecule has 1 atom stereocenters. The SMILES string of the molecule is COc1cnn2cc(-c3nn(CCNC=O)c(CCC4CNC4)c3C)cc(OC(CO)c3ccc(F)cn3)c12. The summed E-state index contributed by atoms with van der Waals surface area (Å²) in [7, 11) is 1.54. The van der Waals surface area contributed by atoms with Gasteiger partial charge in [-0.25, -0.2) is 8.91 Å². The van der Waals surface area contributed by atoms with E-state index in [0.29, 0.717) is 48.1 Å². The number of nitrogens with one attached hydrogen (secondary N) is 2. The first-order valence-corrected chi connectivity index (χ1v) is 12.9. The normalized spacial score (nSPS) is 14.3. The van der Waals surface area contributed by atoms with Crippen LogP contribution in [0.3, 0.4) is 0 Å². The molecular weight excluding hydrogens is 505 g/mol. The molecule has 5 rings (SSSR count). The van der Waals surface area contributed by atoms with E-state index in [4.69, 9.17) is 14.6 Å². The minimum atomic E-state index is -0.844. The molecule has 0 saturated carbocycles. The third kappa shape index (κ3) is 5.57. The molecule has 11 nitrogen and oxygen atoms in total. The predicted octanol–water partition coefficient (Wildman–Crippen LogP) is 2.06. The van der Waals surface area contributed by atoms with Crippen molar-refractivity contribution in [2.75, 3.05) is 33.4 Å². The molecule has 39 heavy (non-hydrogen) atoms. The fourth-order valence-corrected chi connectivity index (χ4v) is 4.83. The molecule has 1 saturated heterocycles. The van der Waals surface area contributed by atoms with Crippen LogP contribution in [-0.2, 0) is 17.8 Å². The second kappa shape index (κ2) is 11.8. The van der Waals surface area contributed by atoms with Crippen molar-refractivity contribution < 1.29 is 23.8 Å². The molecule has 1 unspecified atom stereocenters. The van der Waals surface area contributed by atoms with E-state index in [1.165, 1.54) is 12.1 Å². The number of amides is 1. The largest absolute Gasteiger partial charge is 0.493 e. The smallest absolute Gasteiger partial charge is 0.207 e. The lowest BCUT2D eigenvalue weighted by atomic mass is 9.95. The summed E-state index contributed by atoms with van der Waals surface area (Å²) in [6, 6.07) is 4.60. The lowest BCUT2D eigenvalue weighted by Crippen LogP contribution is -2.42. The summed E-state index contributed by atoms with van der Waals surface area (Å²) < 4.78 is 28.8. The number of aliphatic hydroxyl groups is 1. The van der Waals surface area contributed by atoms with Gasteiger partial charge in [-0.05, 0) is 62.5 Å². The molecule has 1 aliphatic rings. The topological polar surface area (TPSA) is 128 Å². The van der Waals surface area contributed by atoms with E-state index >= 15 is 0 Å². The zero-order valence-corrected chi connectivity index (χ0v) is 21.9. The summed E-state index contributed by atoms with van der Waals surface area (Å²) in [6.45, 7) is 4.74. The average molecular weight is 538 g/mol. The molecule has 4 aromatic rings. The van der Waals surface area contributed by atoms with Gasteiger partial charge in [-0.3, -0.25) is 14.5 Å². The quantitative estimate of drug-likeness (QED) is 0.175. The summed E-state index contributed by atoms with van der Waals surface area (Å²) in [5, 5.41) is 25.5. The van der Waals surface area contributed by atoms with Gasteiger partial charge >= 0.3 is 0 Å². The fourth-order valence-electron chi connectivity index (χ4n) is 4.83. The van der Waals surface area contributed by atoms with Crippen LogP contribution < -0.4 is 20.1 Å². The van der Waals surface area contributed by atoms with Gasteiger partial charge in [0.05, 0.1) is 44.0 Å². The van der Waals surface area contributed by atoms with Crippen LogP contribution >= 0.6 is 0 Å². The Hall–Kier alpha value is -4.03. The summed E-state index contributed by atoms with van der Waals surface area (Å²) in [5.74, 6) is 1.08. The first-order chi connectivity index (χ1) is 19.0. The van der Waals surface area contributed by atoms with Gasteiger partial charge in [-0.1, -0.05) is 0 Å². The maximum Gasteiger partial charge on any atom is 0.207 e. The second-order valence-electron chi connectivity index (χ2n) is 9.57. The number of methoxy groups -OCH3 is 1. The van der Waals surface area contributed by atoms with E-state index < -0.39 is 11.9 Å². The van der Waals surface area contributed by atoms with E-state index in [2.05, 4.69) is 20.7 Å². The van der Waals surface area contributed by atoms with Gasteiger partial charge in [0, 0.05) is 24.0 Å². The molecule has 3 N–H and O–H groups in total. The molecule has 206 valence electrons. The number of rotatable bonds is 13. The highest BCUT2D eigenvalue weighted by atomic mass is 19.1. The number of hydrogen-bond donors (Lipinski definition) is 3. The Balaban J connectivity index is 1.55. The third-order valence-electron chi connectivity index (χ3n) is 7.08. The molecule has 12 heteroatoms. The van der Waals surface area contributed by atoms with Gasteiger partial charge in [-0.15, -0.1) is 0 Å². The highest BCUT2D eigenvalue weighted by Crippen LogP contribution is 2.37. The maximum absolute atomic E-state index is 13.5. The first kappa shape index (κ1) is 26.6. The lowest BCUT2D eigenvalue weighted by molar-refractivity contribution is -0.109. The van der Waals surface area contributed by atoms with Crippen molar-refractivity contribution in [1.29, 1.82) is 0 Å². The number of halogens is 1. The number of fused-ring (bicyclic) bond motifs is 1. The van der Waals surface area contributed by atoms with E-state index in [1.54, 1.807) is 17.8 Å². The van der Waals surface area contributed by atoms with Gasteiger partial charge in [0.1, 0.15) is 5.82 Å².